The molecule has 3 N–H and O–H groups in total. The Labute approximate surface area is 218 Å². The van der Waals surface area contributed by atoms with E-state index in [0.29, 0.717) is 34.5 Å². The molecule has 0 saturated carbocycles. The molecule has 0 radical (unpaired) electrons. The summed E-state index contributed by atoms with van der Waals surface area (Å²) in [5.74, 6) is -1.47. The lowest BCUT2D eigenvalue weighted by atomic mass is 10.0. The van der Waals surface area contributed by atoms with Gasteiger partial charge < -0.3 is 11.1 Å². The van der Waals surface area contributed by atoms with E-state index in [4.69, 9.17) is 10.7 Å². The highest BCUT2D eigenvalue weighted by molar-refractivity contribution is 7.21. The van der Waals surface area contributed by atoms with Gasteiger partial charge in [-0.3, -0.25) is 14.3 Å². The number of thiophene rings is 1. The van der Waals surface area contributed by atoms with E-state index in [9.17, 15) is 22.8 Å². The summed E-state index contributed by atoms with van der Waals surface area (Å²) < 4.78 is 41.8. The SMILES string of the molecule is CCn1cc(-c2cc(C(=O)Nc3c(C(N)=O)sc4nc(C(F)(F)F)cc(C)c34)c3ccccc3n2)c(C)n1. The van der Waals surface area contributed by atoms with E-state index in [0.717, 1.165) is 17.3 Å². The smallest absolute Gasteiger partial charge is 0.365 e. The summed E-state index contributed by atoms with van der Waals surface area (Å²) in [6.07, 6.45) is -2.83. The van der Waals surface area contributed by atoms with Crippen LogP contribution in [0.25, 0.3) is 32.4 Å². The van der Waals surface area contributed by atoms with Crippen LogP contribution in [0.2, 0.25) is 0 Å². The number of nitrogens with one attached hydrogen (secondary N) is 1. The molecule has 0 atom stereocenters. The molecule has 12 heteroatoms. The standard InChI is InChI=1S/C26H21F3N6O2S/c1-4-35-11-16(13(3)34-35)18-10-15(14-7-5-6-8-17(14)31-18)24(37)33-21-20-12(2)9-19(26(27,28)29)32-25(20)38-22(21)23(30)36/h5-11H,4H2,1-3H3,(H2,30,36)(H,33,37). The Bertz CT molecular complexity index is 1760. The number of primary amides is 1. The van der Waals surface area contributed by atoms with Crippen LogP contribution in [0.4, 0.5) is 18.9 Å². The molecule has 0 unspecified atom stereocenters. The van der Waals surface area contributed by atoms with Gasteiger partial charge in [-0.05, 0) is 44.5 Å². The molecular weight excluding hydrogens is 517 g/mol. The number of benzene rings is 1. The third kappa shape index (κ3) is 4.36. The molecule has 8 nitrogen and oxygen atoms in total. The summed E-state index contributed by atoms with van der Waals surface area (Å²) in [4.78, 5) is 34.2. The maximum atomic E-state index is 13.7. The molecule has 5 aromatic rings. The lowest BCUT2D eigenvalue weighted by molar-refractivity contribution is -0.141. The van der Waals surface area contributed by atoms with Crippen molar-refractivity contribution in [1.82, 2.24) is 19.7 Å². The van der Waals surface area contributed by atoms with Crippen LogP contribution < -0.4 is 11.1 Å². The topological polar surface area (TPSA) is 116 Å². The number of para-hydroxylation sites is 1. The molecule has 0 bridgehead atoms. The van der Waals surface area contributed by atoms with Gasteiger partial charge in [-0.1, -0.05) is 18.2 Å². The minimum absolute atomic E-state index is 0.0265. The van der Waals surface area contributed by atoms with Gasteiger partial charge in [0.05, 0.1) is 28.2 Å². The van der Waals surface area contributed by atoms with Gasteiger partial charge >= 0.3 is 6.18 Å². The number of nitrogens with two attached hydrogens (primary N) is 1. The average molecular weight is 539 g/mol. The van der Waals surface area contributed by atoms with Crippen molar-refractivity contribution in [2.24, 2.45) is 5.73 Å². The normalized spacial score (nSPS) is 11.8. The van der Waals surface area contributed by atoms with Crippen molar-refractivity contribution in [1.29, 1.82) is 0 Å². The minimum Gasteiger partial charge on any atom is -0.365 e. The zero-order chi connectivity index (χ0) is 27.4. The third-order valence-corrected chi connectivity index (χ3v) is 7.22. The molecule has 4 aromatic heterocycles. The van der Waals surface area contributed by atoms with Crippen LogP contribution in [0.3, 0.4) is 0 Å². The van der Waals surface area contributed by atoms with Crippen molar-refractivity contribution in [2.45, 2.75) is 33.5 Å². The van der Waals surface area contributed by atoms with Crippen molar-refractivity contribution >= 4 is 50.0 Å². The van der Waals surface area contributed by atoms with Crippen molar-refractivity contribution < 1.29 is 22.8 Å². The Morgan fingerprint density at radius 1 is 1.13 bits per heavy atom. The lowest BCUT2D eigenvalue weighted by Crippen LogP contribution is -2.17. The van der Waals surface area contributed by atoms with Crippen LogP contribution in [0, 0.1) is 13.8 Å². The van der Waals surface area contributed by atoms with Gasteiger partial charge in [0.1, 0.15) is 15.4 Å². The van der Waals surface area contributed by atoms with E-state index < -0.39 is 23.7 Å². The first kappa shape index (κ1) is 25.3. The summed E-state index contributed by atoms with van der Waals surface area (Å²) in [5, 5.41) is 7.98. The predicted octanol–water partition coefficient (Wildman–Crippen LogP) is 5.71. The quantitative estimate of drug-likeness (QED) is 0.297. The Hall–Kier alpha value is -4.32. The number of hydrogen-bond donors (Lipinski definition) is 2. The highest BCUT2D eigenvalue weighted by Crippen LogP contribution is 2.40. The summed E-state index contributed by atoms with van der Waals surface area (Å²) in [5.41, 5.74) is 7.53. The molecule has 2 amide bonds. The van der Waals surface area contributed by atoms with Crippen LogP contribution in [-0.2, 0) is 12.7 Å². The van der Waals surface area contributed by atoms with Gasteiger partial charge in [0.15, 0.2) is 0 Å². The number of amides is 2. The second kappa shape index (κ2) is 9.21. The summed E-state index contributed by atoms with van der Waals surface area (Å²) >= 11 is 0.701. The number of pyridine rings is 2. The average Bonchev–Trinajstić information content (AvgIpc) is 3.43. The minimum atomic E-state index is -4.67. The molecule has 0 spiro atoms. The van der Waals surface area contributed by atoms with Gasteiger partial charge in [0.2, 0.25) is 0 Å². The van der Waals surface area contributed by atoms with Gasteiger partial charge in [0, 0.05) is 29.1 Å². The molecule has 0 aliphatic heterocycles. The van der Waals surface area contributed by atoms with Crippen molar-refractivity contribution in [3.8, 4) is 11.3 Å². The zero-order valence-corrected chi connectivity index (χ0v) is 21.3. The Balaban J connectivity index is 1.66. The molecule has 1 aromatic carbocycles. The number of carbonyl (C=O) groups is 2. The highest BCUT2D eigenvalue weighted by Gasteiger charge is 2.34. The first-order chi connectivity index (χ1) is 18.0. The van der Waals surface area contributed by atoms with Gasteiger partial charge in [-0.2, -0.15) is 18.3 Å². The zero-order valence-electron chi connectivity index (χ0n) is 20.5. The van der Waals surface area contributed by atoms with Crippen LogP contribution in [0.1, 0.15) is 43.9 Å². The molecule has 0 saturated heterocycles. The van der Waals surface area contributed by atoms with E-state index in [1.54, 1.807) is 35.0 Å². The fourth-order valence-corrected chi connectivity index (χ4v) is 5.39. The highest BCUT2D eigenvalue weighted by atomic mass is 32.1. The largest absolute Gasteiger partial charge is 0.433 e. The number of aromatic nitrogens is 4. The summed E-state index contributed by atoms with van der Waals surface area (Å²) in [7, 11) is 0. The molecule has 194 valence electrons. The van der Waals surface area contributed by atoms with Gasteiger partial charge in [0.25, 0.3) is 11.8 Å². The number of aryl methyl sites for hydroxylation is 3. The van der Waals surface area contributed by atoms with Gasteiger partial charge in [-0.25, -0.2) is 9.97 Å². The molecule has 5 rings (SSSR count). The van der Waals surface area contributed by atoms with Gasteiger partial charge in [-0.15, -0.1) is 11.3 Å². The molecule has 0 aliphatic carbocycles. The number of fused-ring (bicyclic) bond motifs is 2. The van der Waals surface area contributed by atoms with E-state index >= 15 is 0 Å². The van der Waals surface area contributed by atoms with Crippen molar-refractivity contribution in [3.05, 3.63) is 70.0 Å². The first-order valence-corrected chi connectivity index (χ1v) is 12.4. The second-order valence-electron chi connectivity index (χ2n) is 8.68. The van der Waals surface area contributed by atoms with E-state index in [1.165, 1.54) is 6.92 Å². The Kier molecular flexibility index (Phi) is 6.14. The maximum absolute atomic E-state index is 13.7. The lowest BCUT2D eigenvalue weighted by Gasteiger charge is -2.12. The second-order valence-corrected chi connectivity index (χ2v) is 9.68. The van der Waals surface area contributed by atoms with Crippen LogP contribution in [0.15, 0.2) is 42.6 Å². The fraction of sp³-hybridized carbons (Fsp3) is 0.192. The molecule has 4 heterocycles. The van der Waals surface area contributed by atoms with Crippen LogP contribution in [0.5, 0.6) is 0 Å². The molecule has 0 aliphatic rings. The van der Waals surface area contributed by atoms with Crippen molar-refractivity contribution in [2.75, 3.05) is 5.32 Å². The predicted molar refractivity (Wildman–Crippen MR) is 139 cm³/mol. The number of nitrogens with zero attached hydrogens (tertiary/aromatic N) is 4. The number of hydrogen-bond acceptors (Lipinski definition) is 6. The molecule has 0 fully saturated rings. The first-order valence-electron chi connectivity index (χ1n) is 11.5. The van der Waals surface area contributed by atoms with Crippen LogP contribution >= 0.6 is 11.3 Å². The number of rotatable bonds is 5. The summed E-state index contributed by atoms with van der Waals surface area (Å²) in [6.45, 7) is 5.92. The van der Waals surface area contributed by atoms with Crippen LogP contribution in [-0.4, -0.2) is 31.6 Å². The van der Waals surface area contributed by atoms with E-state index in [2.05, 4.69) is 15.4 Å². The third-order valence-electron chi connectivity index (χ3n) is 6.12. The maximum Gasteiger partial charge on any atom is 0.433 e. The Morgan fingerprint density at radius 3 is 2.53 bits per heavy atom. The summed E-state index contributed by atoms with van der Waals surface area (Å²) in [6, 6.07) is 9.59. The molecular formula is C26H21F3N6O2S. The Morgan fingerprint density at radius 2 is 1.87 bits per heavy atom. The number of halogens is 3. The number of alkyl halides is 3. The van der Waals surface area contributed by atoms with Crippen molar-refractivity contribution in [3.63, 3.8) is 0 Å². The molecule has 38 heavy (non-hydrogen) atoms. The number of anilines is 1. The number of carbonyl (C=O) groups excluding carboxylic acids is 2. The monoisotopic (exact) mass is 538 g/mol. The van der Waals surface area contributed by atoms with E-state index in [-0.39, 0.29) is 31.9 Å². The van der Waals surface area contributed by atoms with E-state index in [1.807, 2.05) is 20.0 Å². The fourth-order valence-electron chi connectivity index (χ4n) is 4.33.